The number of nitrogens with zero attached hydrogens (tertiary/aromatic N) is 2. The number of aromatic nitrogens is 1. The Bertz CT molecular complexity index is 1130. The molecule has 0 saturated carbocycles. The maximum atomic E-state index is 13.3. The number of carbonyl (C=O) groups excluding carboxylic acids is 1. The molecule has 2 N–H and O–H groups in total. The van der Waals surface area contributed by atoms with Crippen molar-refractivity contribution in [3.63, 3.8) is 0 Å². The van der Waals surface area contributed by atoms with Gasteiger partial charge in [0.15, 0.2) is 0 Å². The molecule has 182 valence electrons. The summed E-state index contributed by atoms with van der Waals surface area (Å²) in [7, 11) is -1.63. The number of amides is 1. The van der Waals surface area contributed by atoms with Crippen LogP contribution in [0.15, 0.2) is 34.0 Å². The van der Waals surface area contributed by atoms with Gasteiger partial charge in [0.25, 0.3) is 5.91 Å². The van der Waals surface area contributed by atoms with Gasteiger partial charge in [-0.25, -0.2) is 8.42 Å². The van der Waals surface area contributed by atoms with E-state index in [1.54, 1.807) is 6.07 Å². The predicted molar refractivity (Wildman–Crippen MR) is 131 cm³/mol. The first kappa shape index (κ1) is 25.4. The number of rotatable bonds is 10. The van der Waals surface area contributed by atoms with Gasteiger partial charge in [0, 0.05) is 36.1 Å². The summed E-state index contributed by atoms with van der Waals surface area (Å²) in [6, 6.07) is 5.76. The van der Waals surface area contributed by atoms with Gasteiger partial charge in [-0.1, -0.05) is 19.8 Å². The Morgan fingerprint density at radius 1 is 1.21 bits per heavy atom. The Morgan fingerprint density at radius 3 is 2.70 bits per heavy atom. The van der Waals surface area contributed by atoms with Gasteiger partial charge in [-0.15, -0.1) is 0 Å². The number of H-pyrrole nitrogens is 1. The Labute approximate surface area is 196 Å². The van der Waals surface area contributed by atoms with Gasteiger partial charge in [-0.05, 0) is 70.9 Å². The average molecular weight is 477 g/mol. The molecule has 0 spiro atoms. The van der Waals surface area contributed by atoms with Gasteiger partial charge in [0.1, 0.15) is 0 Å². The first-order valence-corrected chi connectivity index (χ1v) is 13.3. The van der Waals surface area contributed by atoms with Crippen molar-refractivity contribution < 1.29 is 13.2 Å². The van der Waals surface area contributed by atoms with Gasteiger partial charge >= 0.3 is 0 Å². The van der Waals surface area contributed by atoms with Gasteiger partial charge in [-0.3, -0.25) is 9.59 Å². The third-order valence-corrected chi connectivity index (χ3v) is 8.31. The lowest BCUT2D eigenvalue weighted by Gasteiger charge is -2.32. The number of hydrogen-bond donors (Lipinski definition) is 2. The smallest absolute Gasteiger partial charge is 0.252 e. The summed E-state index contributed by atoms with van der Waals surface area (Å²) in [6.45, 7) is 6.94. The maximum Gasteiger partial charge on any atom is 0.252 e. The zero-order chi connectivity index (χ0) is 24.0. The van der Waals surface area contributed by atoms with E-state index in [1.807, 2.05) is 6.92 Å². The van der Waals surface area contributed by atoms with Gasteiger partial charge < -0.3 is 15.2 Å². The minimum absolute atomic E-state index is 0.0618. The van der Waals surface area contributed by atoms with E-state index in [2.05, 4.69) is 29.2 Å². The third-order valence-electron chi connectivity index (χ3n) is 6.30. The molecule has 0 aliphatic carbocycles. The highest BCUT2D eigenvalue weighted by molar-refractivity contribution is 7.89. The van der Waals surface area contributed by atoms with E-state index < -0.39 is 15.6 Å². The molecule has 1 saturated heterocycles. The number of fused-ring (bicyclic) bond motifs is 1. The second-order valence-corrected chi connectivity index (χ2v) is 10.9. The van der Waals surface area contributed by atoms with Crippen molar-refractivity contribution in [1.29, 1.82) is 0 Å². The quantitative estimate of drug-likeness (QED) is 0.513. The average Bonchev–Trinajstić information content (AvgIpc) is 2.79. The molecule has 33 heavy (non-hydrogen) atoms. The minimum Gasteiger partial charge on any atom is -0.352 e. The number of aromatic amines is 1. The Balaban J connectivity index is 1.80. The lowest BCUT2D eigenvalue weighted by molar-refractivity contribution is 0.0953. The highest BCUT2D eigenvalue weighted by Gasteiger charge is 2.31. The molecular formula is C24H36N4O4S. The number of piperidine rings is 1. The molecule has 1 aromatic carbocycles. The van der Waals surface area contributed by atoms with Gasteiger partial charge in [-0.2, -0.15) is 4.31 Å². The van der Waals surface area contributed by atoms with E-state index in [0.717, 1.165) is 51.6 Å². The van der Waals surface area contributed by atoms with E-state index in [4.69, 9.17) is 0 Å². The van der Waals surface area contributed by atoms with Gasteiger partial charge in [0.05, 0.1) is 10.5 Å². The summed E-state index contributed by atoms with van der Waals surface area (Å²) in [5.41, 5.74) is 0.238. The predicted octanol–water partition coefficient (Wildman–Crippen LogP) is 2.94. The third kappa shape index (κ3) is 6.22. The molecule has 3 rings (SSSR count). The Morgan fingerprint density at radius 2 is 1.97 bits per heavy atom. The summed E-state index contributed by atoms with van der Waals surface area (Å²) >= 11 is 0. The molecule has 0 radical (unpaired) electrons. The molecular weight excluding hydrogens is 440 g/mol. The monoisotopic (exact) mass is 476 g/mol. The van der Waals surface area contributed by atoms with E-state index in [-0.39, 0.29) is 22.4 Å². The van der Waals surface area contributed by atoms with Crippen LogP contribution >= 0.6 is 0 Å². The van der Waals surface area contributed by atoms with Crippen LogP contribution in [-0.4, -0.2) is 67.8 Å². The number of pyridine rings is 1. The summed E-state index contributed by atoms with van der Waals surface area (Å²) in [5, 5.41) is 3.31. The van der Waals surface area contributed by atoms with E-state index in [0.29, 0.717) is 24.0 Å². The lowest BCUT2D eigenvalue weighted by Crippen LogP contribution is -2.41. The standard InChI is InChI=1S/C24H36N4O4S/c1-4-5-13-27(3)14-8-12-25-24(30)21-17-23(29)26-22-11-10-19(16-20(21)22)33(31,32)28-15-7-6-9-18(28)2/h10-11,16-18H,4-9,12-15H2,1-3H3,(H,25,30)(H,26,29)/t18-/m1/s1. The highest BCUT2D eigenvalue weighted by atomic mass is 32.2. The molecule has 2 aromatic rings. The lowest BCUT2D eigenvalue weighted by atomic mass is 10.1. The van der Waals surface area contributed by atoms with Crippen LogP contribution in [0.25, 0.3) is 10.9 Å². The van der Waals surface area contributed by atoms with Crippen LogP contribution in [0.2, 0.25) is 0 Å². The van der Waals surface area contributed by atoms with Crippen LogP contribution in [0.1, 0.15) is 62.7 Å². The van der Waals surface area contributed by atoms with Crippen molar-refractivity contribution in [2.45, 2.75) is 63.3 Å². The van der Waals surface area contributed by atoms with E-state index in [1.165, 1.54) is 22.5 Å². The van der Waals surface area contributed by atoms with Crippen LogP contribution in [0.5, 0.6) is 0 Å². The van der Waals surface area contributed by atoms with Crippen molar-refractivity contribution >= 4 is 26.8 Å². The molecule has 0 bridgehead atoms. The topological polar surface area (TPSA) is 103 Å². The molecule has 9 heteroatoms. The number of unbranched alkanes of at least 4 members (excludes halogenated alkanes) is 1. The van der Waals surface area contributed by atoms with Gasteiger partial charge in [0.2, 0.25) is 15.6 Å². The van der Waals surface area contributed by atoms with E-state index in [9.17, 15) is 18.0 Å². The second kappa shape index (κ2) is 11.3. The zero-order valence-corrected chi connectivity index (χ0v) is 20.7. The van der Waals surface area contributed by atoms with Crippen LogP contribution in [-0.2, 0) is 10.0 Å². The van der Waals surface area contributed by atoms with Crippen molar-refractivity contribution in [2.75, 3.05) is 33.2 Å². The summed E-state index contributed by atoms with van der Waals surface area (Å²) in [6.07, 6.45) is 5.77. The fourth-order valence-electron chi connectivity index (χ4n) is 4.33. The molecule has 1 aliphatic rings. The molecule has 1 fully saturated rings. The molecule has 1 aromatic heterocycles. The fourth-order valence-corrected chi connectivity index (χ4v) is 6.06. The highest BCUT2D eigenvalue weighted by Crippen LogP contribution is 2.27. The largest absolute Gasteiger partial charge is 0.352 e. The number of sulfonamides is 1. The summed E-state index contributed by atoms with van der Waals surface area (Å²) in [4.78, 5) is 30.1. The molecule has 2 heterocycles. The zero-order valence-electron chi connectivity index (χ0n) is 19.9. The maximum absolute atomic E-state index is 13.3. The van der Waals surface area contributed by atoms with Crippen molar-refractivity contribution in [3.05, 3.63) is 40.2 Å². The summed E-state index contributed by atoms with van der Waals surface area (Å²) in [5.74, 6) is -0.372. The van der Waals surface area contributed by atoms with Crippen LogP contribution < -0.4 is 10.9 Å². The van der Waals surface area contributed by atoms with Crippen molar-refractivity contribution in [2.24, 2.45) is 0 Å². The van der Waals surface area contributed by atoms with Crippen LogP contribution in [0.3, 0.4) is 0 Å². The normalized spacial score (nSPS) is 17.5. The number of carbonyl (C=O) groups is 1. The first-order chi connectivity index (χ1) is 15.7. The molecule has 0 unspecified atom stereocenters. The van der Waals surface area contributed by atoms with Crippen molar-refractivity contribution in [1.82, 2.24) is 19.5 Å². The summed E-state index contributed by atoms with van der Waals surface area (Å²) < 4.78 is 28.1. The molecule has 1 aliphatic heterocycles. The van der Waals surface area contributed by atoms with Crippen LogP contribution in [0, 0.1) is 0 Å². The fraction of sp³-hybridized carbons (Fsp3) is 0.583. The SMILES string of the molecule is CCCCN(C)CCCNC(=O)c1cc(=O)[nH]c2ccc(S(=O)(=O)N3CCCC[C@H]3C)cc12. The second-order valence-electron chi connectivity index (χ2n) is 8.98. The number of hydrogen-bond acceptors (Lipinski definition) is 5. The van der Waals surface area contributed by atoms with E-state index >= 15 is 0 Å². The minimum atomic E-state index is -3.69. The first-order valence-electron chi connectivity index (χ1n) is 11.9. The molecule has 1 amide bonds. The molecule has 8 nitrogen and oxygen atoms in total. The van der Waals surface area contributed by atoms with Crippen molar-refractivity contribution in [3.8, 4) is 0 Å². The number of nitrogens with one attached hydrogen (secondary N) is 2. The number of benzene rings is 1. The Hall–Kier alpha value is -2.23. The Kier molecular flexibility index (Phi) is 8.67. The molecule has 1 atom stereocenters. The van der Waals surface area contributed by atoms with Crippen LogP contribution in [0.4, 0.5) is 0 Å².